The van der Waals surface area contributed by atoms with Gasteiger partial charge in [-0.15, -0.1) is 18.2 Å². The first-order chi connectivity index (χ1) is 5.52. The van der Waals surface area contributed by atoms with Gasteiger partial charge in [0.1, 0.15) is 0 Å². The third kappa shape index (κ3) is 4.78. The number of halogens is 1. The summed E-state index contributed by atoms with van der Waals surface area (Å²) in [5.74, 6) is 0.714. The Labute approximate surface area is 81.2 Å². The molecule has 0 aromatic rings. The van der Waals surface area contributed by atoms with E-state index in [-0.39, 0.29) is 5.41 Å². The highest BCUT2D eigenvalue weighted by Crippen LogP contribution is 2.21. The smallest absolute Gasteiger partial charge is 0.0238 e. The van der Waals surface area contributed by atoms with Gasteiger partial charge >= 0.3 is 0 Å². The van der Waals surface area contributed by atoms with Gasteiger partial charge in [-0.05, 0) is 11.8 Å². The summed E-state index contributed by atoms with van der Waals surface area (Å²) in [4.78, 5) is 0. The molecule has 0 heterocycles. The summed E-state index contributed by atoms with van der Waals surface area (Å²) >= 11 is 5.72. The van der Waals surface area contributed by atoms with Crippen LogP contribution in [0.1, 0.15) is 27.2 Å². The van der Waals surface area contributed by atoms with Crippen LogP contribution in [0.4, 0.5) is 0 Å². The zero-order valence-corrected chi connectivity index (χ0v) is 9.12. The highest BCUT2D eigenvalue weighted by molar-refractivity contribution is 6.17. The van der Waals surface area contributed by atoms with Crippen LogP contribution < -0.4 is 5.32 Å². The lowest BCUT2D eigenvalue weighted by Crippen LogP contribution is -2.40. The van der Waals surface area contributed by atoms with Crippen molar-refractivity contribution in [2.75, 3.05) is 12.4 Å². The van der Waals surface area contributed by atoms with E-state index >= 15 is 0 Å². The molecular weight excluding hydrogens is 170 g/mol. The SMILES string of the molecule is C=CCNC(CCCl)C(C)(C)C. The molecule has 0 saturated carbocycles. The first kappa shape index (κ1) is 12.0. The fourth-order valence-corrected chi connectivity index (χ4v) is 1.39. The van der Waals surface area contributed by atoms with E-state index < -0.39 is 0 Å². The maximum Gasteiger partial charge on any atom is 0.0238 e. The summed E-state index contributed by atoms with van der Waals surface area (Å²) in [6.07, 6.45) is 2.89. The van der Waals surface area contributed by atoms with Crippen molar-refractivity contribution in [3.05, 3.63) is 12.7 Å². The van der Waals surface area contributed by atoms with E-state index in [0.29, 0.717) is 11.9 Å². The van der Waals surface area contributed by atoms with Gasteiger partial charge in [-0.1, -0.05) is 26.8 Å². The second-order valence-corrected chi connectivity index (χ2v) is 4.47. The van der Waals surface area contributed by atoms with Crippen LogP contribution in [0, 0.1) is 5.41 Å². The molecule has 0 saturated heterocycles. The molecule has 0 aromatic carbocycles. The predicted octanol–water partition coefficient (Wildman–Crippen LogP) is 2.81. The number of rotatable bonds is 5. The van der Waals surface area contributed by atoms with E-state index in [4.69, 9.17) is 11.6 Å². The van der Waals surface area contributed by atoms with E-state index in [1.807, 2.05) is 6.08 Å². The molecule has 0 bridgehead atoms. The minimum absolute atomic E-state index is 0.276. The number of nitrogens with one attached hydrogen (secondary N) is 1. The van der Waals surface area contributed by atoms with Gasteiger partial charge in [0.05, 0.1) is 0 Å². The Morgan fingerprint density at radius 3 is 2.42 bits per heavy atom. The summed E-state index contributed by atoms with van der Waals surface area (Å²) < 4.78 is 0. The molecule has 1 N–H and O–H groups in total. The molecule has 0 aliphatic heterocycles. The first-order valence-corrected chi connectivity index (χ1v) is 4.96. The maximum absolute atomic E-state index is 5.72. The van der Waals surface area contributed by atoms with Gasteiger partial charge in [0.2, 0.25) is 0 Å². The average Bonchev–Trinajstić information content (AvgIpc) is 1.95. The number of alkyl halides is 1. The number of hydrogen-bond acceptors (Lipinski definition) is 1. The van der Waals surface area contributed by atoms with Gasteiger partial charge in [0.15, 0.2) is 0 Å². The highest BCUT2D eigenvalue weighted by Gasteiger charge is 2.22. The molecule has 72 valence electrons. The molecular formula is C10H20ClN. The maximum atomic E-state index is 5.72. The molecule has 0 spiro atoms. The molecule has 0 amide bonds. The van der Waals surface area contributed by atoms with E-state index in [1.54, 1.807) is 0 Å². The van der Waals surface area contributed by atoms with Gasteiger partial charge in [0, 0.05) is 18.5 Å². The van der Waals surface area contributed by atoms with Crippen molar-refractivity contribution < 1.29 is 0 Å². The van der Waals surface area contributed by atoms with Crippen molar-refractivity contribution in [2.24, 2.45) is 5.41 Å². The molecule has 0 rings (SSSR count). The van der Waals surface area contributed by atoms with Gasteiger partial charge in [-0.3, -0.25) is 0 Å². The summed E-state index contributed by atoms with van der Waals surface area (Å²) in [6.45, 7) is 11.2. The standard InChI is InChI=1S/C10H20ClN/c1-5-8-12-9(6-7-11)10(2,3)4/h5,9,12H,1,6-8H2,2-4H3. The Kier molecular flexibility index (Phi) is 5.60. The van der Waals surface area contributed by atoms with Crippen molar-refractivity contribution in [1.82, 2.24) is 5.32 Å². The zero-order valence-electron chi connectivity index (χ0n) is 8.36. The predicted molar refractivity (Wildman–Crippen MR) is 56.8 cm³/mol. The van der Waals surface area contributed by atoms with Crippen LogP contribution in [0.25, 0.3) is 0 Å². The largest absolute Gasteiger partial charge is 0.310 e. The normalized spacial score (nSPS) is 14.3. The van der Waals surface area contributed by atoms with Crippen LogP contribution in [0.2, 0.25) is 0 Å². The fraction of sp³-hybridized carbons (Fsp3) is 0.800. The summed E-state index contributed by atoms with van der Waals surface area (Å²) in [5, 5.41) is 3.41. The van der Waals surface area contributed by atoms with Gasteiger partial charge in [0.25, 0.3) is 0 Å². The molecule has 0 fully saturated rings. The molecule has 12 heavy (non-hydrogen) atoms. The monoisotopic (exact) mass is 189 g/mol. The molecule has 1 atom stereocenters. The number of hydrogen-bond donors (Lipinski definition) is 1. The summed E-state index contributed by atoms with van der Waals surface area (Å²) in [6, 6.07) is 0.480. The van der Waals surface area contributed by atoms with Crippen molar-refractivity contribution in [2.45, 2.75) is 33.2 Å². The molecule has 0 aliphatic carbocycles. The molecule has 0 aromatic heterocycles. The topological polar surface area (TPSA) is 12.0 Å². The lowest BCUT2D eigenvalue weighted by atomic mass is 9.85. The Morgan fingerprint density at radius 2 is 2.08 bits per heavy atom. The van der Waals surface area contributed by atoms with Gasteiger partial charge in [-0.25, -0.2) is 0 Å². The molecule has 0 radical (unpaired) electrons. The van der Waals surface area contributed by atoms with Crippen LogP contribution in [0.5, 0.6) is 0 Å². The van der Waals surface area contributed by atoms with Crippen molar-refractivity contribution in [3.63, 3.8) is 0 Å². The quantitative estimate of drug-likeness (QED) is 0.518. The second-order valence-electron chi connectivity index (χ2n) is 4.09. The fourth-order valence-electron chi connectivity index (χ4n) is 1.18. The van der Waals surface area contributed by atoms with Crippen molar-refractivity contribution in [1.29, 1.82) is 0 Å². The van der Waals surface area contributed by atoms with E-state index in [0.717, 1.165) is 13.0 Å². The van der Waals surface area contributed by atoms with Crippen molar-refractivity contribution >= 4 is 11.6 Å². The zero-order chi connectivity index (χ0) is 9.61. The Balaban J connectivity index is 3.94. The molecule has 2 heteroatoms. The average molecular weight is 190 g/mol. The van der Waals surface area contributed by atoms with Gasteiger partial charge < -0.3 is 5.32 Å². The van der Waals surface area contributed by atoms with Crippen LogP contribution >= 0.6 is 11.6 Å². The van der Waals surface area contributed by atoms with Gasteiger partial charge in [-0.2, -0.15) is 0 Å². The Hall–Kier alpha value is -0.0100. The van der Waals surface area contributed by atoms with Crippen LogP contribution in [0.3, 0.4) is 0 Å². The third-order valence-corrected chi connectivity index (χ3v) is 2.17. The Bertz CT molecular complexity index is 126. The lowest BCUT2D eigenvalue weighted by Gasteiger charge is -2.30. The third-order valence-electron chi connectivity index (χ3n) is 1.95. The highest BCUT2D eigenvalue weighted by atomic mass is 35.5. The minimum Gasteiger partial charge on any atom is -0.310 e. The summed E-state index contributed by atoms with van der Waals surface area (Å²) in [7, 11) is 0. The van der Waals surface area contributed by atoms with Crippen LogP contribution in [-0.2, 0) is 0 Å². The van der Waals surface area contributed by atoms with Crippen molar-refractivity contribution in [3.8, 4) is 0 Å². The van der Waals surface area contributed by atoms with Crippen LogP contribution in [0.15, 0.2) is 12.7 Å². The minimum atomic E-state index is 0.276. The molecule has 1 unspecified atom stereocenters. The Morgan fingerprint density at radius 1 is 1.50 bits per heavy atom. The van der Waals surface area contributed by atoms with E-state index in [2.05, 4.69) is 32.7 Å². The van der Waals surface area contributed by atoms with E-state index in [9.17, 15) is 0 Å². The molecule has 1 nitrogen and oxygen atoms in total. The van der Waals surface area contributed by atoms with E-state index in [1.165, 1.54) is 0 Å². The van der Waals surface area contributed by atoms with Crippen LogP contribution in [-0.4, -0.2) is 18.5 Å². The lowest BCUT2D eigenvalue weighted by molar-refractivity contribution is 0.269. The first-order valence-electron chi connectivity index (χ1n) is 4.42. The summed E-state index contributed by atoms with van der Waals surface area (Å²) in [5.41, 5.74) is 0.276. The second kappa shape index (κ2) is 5.60. The molecule has 0 aliphatic rings.